The number of carbonyl (C=O) groups excluding carboxylic acids is 1. The molecule has 2 N–H and O–H groups in total. The lowest BCUT2D eigenvalue weighted by Crippen LogP contribution is -2.36. The molecule has 1 unspecified atom stereocenters. The van der Waals surface area contributed by atoms with Gasteiger partial charge in [-0.05, 0) is 64.3 Å². The second kappa shape index (κ2) is 8.09. The standard InChI is InChI=1S/C20H25N5O2/c1-14-5-10-19(27-14)18(24(3)4)13-22-20(26)23-16-6-8-17(9-7-16)25-12-11-21-15(25)2/h5-12,18H,13H2,1-4H3,(H2,22,23,26). The fourth-order valence-corrected chi connectivity index (χ4v) is 2.89. The van der Waals surface area contributed by atoms with Gasteiger partial charge in [-0.2, -0.15) is 0 Å². The van der Waals surface area contributed by atoms with Crippen LogP contribution in [0.25, 0.3) is 5.69 Å². The number of rotatable bonds is 6. The van der Waals surface area contributed by atoms with Gasteiger partial charge in [-0.25, -0.2) is 9.78 Å². The average molecular weight is 367 g/mol. The largest absolute Gasteiger partial charge is 0.465 e. The molecule has 7 heteroatoms. The number of likely N-dealkylation sites (N-methyl/N-ethyl adjacent to an activating group) is 1. The van der Waals surface area contributed by atoms with Crippen LogP contribution < -0.4 is 10.6 Å². The van der Waals surface area contributed by atoms with E-state index < -0.39 is 0 Å². The van der Waals surface area contributed by atoms with Gasteiger partial charge in [-0.1, -0.05) is 0 Å². The van der Waals surface area contributed by atoms with Crippen molar-refractivity contribution < 1.29 is 9.21 Å². The van der Waals surface area contributed by atoms with E-state index in [0.29, 0.717) is 6.54 Å². The summed E-state index contributed by atoms with van der Waals surface area (Å²) in [6, 6.07) is 11.2. The van der Waals surface area contributed by atoms with E-state index >= 15 is 0 Å². The predicted molar refractivity (Wildman–Crippen MR) is 105 cm³/mol. The van der Waals surface area contributed by atoms with Gasteiger partial charge in [-0.15, -0.1) is 0 Å². The third-order valence-corrected chi connectivity index (χ3v) is 4.40. The fraction of sp³-hybridized carbons (Fsp3) is 0.300. The minimum Gasteiger partial charge on any atom is -0.465 e. The summed E-state index contributed by atoms with van der Waals surface area (Å²) in [6.45, 7) is 4.30. The molecular formula is C20H25N5O2. The van der Waals surface area contributed by atoms with Gasteiger partial charge in [0.15, 0.2) is 0 Å². The molecule has 0 saturated carbocycles. The van der Waals surface area contributed by atoms with E-state index in [-0.39, 0.29) is 12.1 Å². The molecule has 7 nitrogen and oxygen atoms in total. The van der Waals surface area contributed by atoms with E-state index in [2.05, 4.69) is 15.6 Å². The Morgan fingerprint density at radius 2 is 1.93 bits per heavy atom. The highest BCUT2D eigenvalue weighted by molar-refractivity contribution is 5.89. The van der Waals surface area contributed by atoms with E-state index in [1.54, 1.807) is 6.20 Å². The summed E-state index contributed by atoms with van der Waals surface area (Å²) in [5.74, 6) is 2.60. The topological polar surface area (TPSA) is 75.3 Å². The van der Waals surface area contributed by atoms with Crippen molar-refractivity contribution in [3.8, 4) is 5.69 Å². The van der Waals surface area contributed by atoms with Crippen molar-refractivity contribution >= 4 is 11.7 Å². The first-order valence-corrected chi connectivity index (χ1v) is 8.82. The molecule has 3 rings (SSSR count). The molecule has 0 radical (unpaired) electrons. The summed E-state index contributed by atoms with van der Waals surface area (Å²) in [4.78, 5) is 18.5. The van der Waals surface area contributed by atoms with Gasteiger partial charge in [-0.3, -0.25) is 4.90 Å². The Morgan fingerprint density at radius 1 is 1.19 bits per heavy atom. The van der Waals surface area contributed by atoms with Crippen molar-refractivity contribution in [2.45, 2.75) is 19.9 Å². The third kappa shape index (κ3) is 4.57. The lowest BCUT2D eigenvalue weighted by atomic mass is 10.2. The van der Waals surface area contributed by atoms with Gasteiger partial charge in [0.2, 0.25) is 0 Å². The smallest absolute Gasteiger partial charge is 0.319 e. The number of hydrogen-bond donors (Lipinski definition) is 2. The van der Waals surface area contributed by atoms with Crippen molar-refractivity contribution in [1.82, 2.24) is 19.8 Å². The van der Waals surface area contributed by atoms with Crippen LogP contribution in [0.5, 0.6) is 0 Å². The Kier molecular flexibility index (Phi) is 5.61. The van der Waals surface area contributed by atoms with Crippen molar-refractivity contribution in [3.05, 3.63) is 66.1 Å². The lowest BCUT2D eigenvalue weighted by molar-refractivity contribution is 0.232. The zero-order valence-electron chi connectivity index (χ0n) is 16.1. The van der Waals surface area contributed by atoms with E-state index in [1.165, 1.54) is 0 Å². The number of carbonyl (C=O) groups is 1. The Balaban J connectivity index is 1.58. The van der Waals surface area contributed by atoms with Crippen LogP contribution in [0, 0.1) is 13.8 Å². The number of furan rings is 1. The predicted octanol–water partition coefficient (Wildman–Crippen LogP) is 3.51. The average Bonchev–Trinajstić information content (AvgIpc) is 3.24. The summed E-state index contributed by atoms with van der Waals surface area (Å²) in [6.07, 6.45) is 3.67. The highest BCUT2D eigenvalue weighted by Crippen LogP contribution is 2.20. The van der Waals surface area contributed by atoms with Crippen molar-refractivity contribution in [2.75, 3.05) is 26.0 Å². The number of amides is 2. The second-order valence-corrected chi connectivity index (χ2v) is 6.65. The Labute approximate surface area is 159 Å². The molecule has 0 aliphatic carbocycles. The molecule has 0 aliphatic heterocycles. The number of aromatic nitrogens is 2. The molecule has 0 fully saturated rings. The summed E-state index contributed by atoms with van der Waals surface area (Å²) in [7, 11) is 3.91. The van der Waals surface area contributed by atoms with Crippen LogP contribution in [-0.4, -0.2) is 41.1 Å². The molecule has 0 aliphatic rings. The maximum absolute atomic E-state index is 12.3. The first kappa shape index (κ1) is 18.7. The normalized spacial score (nSPS) is 12.2. The molecule has 0 spiro atoms. The van der Waals surface area contributed by atoms with Crippen molar-refractivity contribution in [3.63, 3.8) is 0 Å². The monoisotopic (exact) mass is 367 g/mol. The molecule has 2 heterocycles. The molecule has 1 atom stereocenters. The quantitative estimate of drug-likeness (QED) is 0.699. The molecule has 3 aromatic rings. The highest BCUT2D eigenvalue weighted by Gasteiger charge is 2.18. The van der Waals surface area contributed by atoms with E-state index in [9.17, 15) is 4.79 Å². The third-order valence-electron chi connectivity index (χ3n) is 4.40. The molecule has 1 aromatic carbocycles. The van der Waals surface area contributed by atoms with Crippen LogP contribution in [0.1, 0.15) is 23.4 Å². The van der Waals surface area contributed by atoms with Crippen LogP contribution in [0.15, 0.2) is 53.2 Å². The van der Waals surface area contributed by atoms with Crippen LogP contribution in [0.3, 0.4) is 0 Å². The van der Waals surface area contributed by atoms with Crippen molar-refractivity contribution in [2.24, 2.45) is 0 Å². The molecule has 0 bridgehead atoms. The summed E-state index contributed by atoms with van der Waals surface area (Å²) in [5.41, 5.74) is 1.72. The van der Waals surface area contributed by atoms with Crippen LogP contribution in [0.2, 0.25) is 0 Å². The second-order valence-electron chi connectivity index (χ2n) is 6.65. The van der Waals surface area contributed by atoms with Gasteiger partial charge < -0.3 is 19.6 Å². The zero-order valence-corrected chi connectivity index (χ0v) is 16.1. The molecule has 2 aromatic heterocycles. The fourth-order valence-electron chi connectivity index (χ4n) is 2.89. The highest BCUT2D eigenvalue weighted by atomic mass is 16.3. The maximum atomic E-state index is 12.3. The molecule has 27 heavy (non-hydrogen) atoms. The van der Waals surface area contributed by atoms with Gasteiger partial charge in [0.25, 0.3) is 0 Å². The van der Waals surface area contributed by atoms with E-state index in [0.717, 1.165) is 28.7 Å². The number of nitrogens with zero attached hydrogens (tertiary/aromatic N) is 3. The molecular weight excluding hydrogens is 342 g/mol. The lowest BCUT2D eigenvalue weighted by Gasteiger charge is -2.22. The first-order chi connectivity index (χ1) is 12.9. The number of aryl methyl sites for hydroxylation is 2. The van der Waals surface area contributed by atoms with Gasteiger partial charge in [0, 0.05) is 30.3 Å². The molecule has 0 saturated heterocycles. The van der Waals surface area contributed by atoms with Gasteiger partial charge >= 0.3 is 6.03 Å². The van der Waals surface area contributed by atoms with Gasteiger partial charge in [0.05, 0.1) is 6.04 Å². The SMILES string of the molecule is Cc1ccc(C(CNC(=O)Nc2ccc(-n3ccnc3C)cc2)N(C)C)o1. The summed E-state index contributed by atoms with van der Waals surface area (Å²) < 4.78 is 7.68. The number of imidazole rings is 1. The van der Waals surface area contributed by atoms with Crippen LogP contribution >= 0.6 is 0 Å². The maximum Gasteiger partial charge on any atom is 0.319 e. The van der Waals surface area contributed by atoms with E-state index in [4.69, 9.17) is 4.42 Å². The molecule has 2 amide bonds. The Bertz CT molecular complexity index is 895. The van der Waals surface area contributed by atoms with Crippen molar-refractivity contribution in [1.29, 1.82) is 0 Å². The minimum atomic E-state index is -0.253. The van der Waals surface area contributed by atoms with Gasteiger partial charge in [0.1, 0.15) is 17.3 Å². The number of nitrogens with one attached hydrogen (secondary N) is 2. The minimum absolute atomic E-state index is 0.0314. The summed E-state index contributed by atoms with van der Waals surface area (Å²) in [5, 5.41) is 5.76. The van der Waals surface area contributed by atoms with E-state index in [1.807, 2.05) is 80.0 Å². The number of anilines is 1. The zero-order chi connectivity index (χ0) is 19.4. The number of hydrogen-bond acceptors (Lipinski definition) is 4. The van der Waals surface area contributed by atoms with Crippen LogP contribution in [0.4, 0.5) is 10.5 Å². The van der Waals surface area contributed by atoms with Crippen LogP contribution in [-0.2, 0) is 0 Å². The summed E-state index contributed by atoms with van der Waals surface area (Å²) >= 11 is 0. The first-order valence-electron chi connectivity index (χ1n) is 8.82. The Morgan fingerprint density at radius 3 is 2.48 bits per heavy atom. The molecule has 142 valence electrons. The number of urea groups is 1. The number of benzene rings is 1. The Hall–Kier alpha value is -3.06.